The zero-order chi connectivity index (χ0) is 13.0. The Hall–Kier alpha value is -0.680. The van der Waals surface area contributed by atoms with Crippen molar-refractivity contribution >= 4 is 32.6 Å². The maximum Gasteiger partial charge on any atom is 0.251 e. The zero-order valence-corrected chi connectivity index (χ0v) is 12.5. The van der Waals surface area contributed by atoms with Crippen LogP contribution in [0.5, 0.6) is 0 Å². The topological polar surface area (TPSA) is 46.2 Å². The number of carbonyl (C=O) groups excluding carboxylic acids is 1. The number of amides is 1. The first kappa shape index (κ1) is 14.4. The van der Waals surface area contributed by atoms with Crippen molar-refractivity contribution in [1.82, 2.24) is 5.32 Å². The highest BCUT2D eigenvalue weighted by molar-refractivity contribution is 9.10. The molecule has 0 saturated heterocycles. The van der Waals surface area contributed by atoms with Gasteiger partial charge in [-0.15, -0.1) is 0 Å². The minimum absolute atomic E-state index is 0.0858. The first-order chi connectivity index (χ1) is 7.90. The fourth-order valence-corrected chi connectivity index (χ4v) is 2.52. The van der Waals surface area contributed by atoms with Gasteiger partial charge in [-0.05, 0) is 37.6 Å². The van der Waals surface area contributed by atoms with E-state index in [1.54, 1.807) is 12.3 Å². The third kappa shape index (κ3) is 4.60. The second-order valence-electron chi connectivity index (χ2n) is 4.08. The van der Waals surface area contributed by atoms with Gasteiger partial charge >= 0.3 is 0 Å². The zero-order valence-electron chi connectivity index (χ0n) is 10.1. The van der Waals surface area contributed by atoms with Gasteiger partial charge in [-0.2, -0.15) is 0 Å². The third-order valence-corrected chi connectivity index (χ3v) is 4.14. The van der Waals surface area contributed by atoms with Crippen LogP contribution in [0.3, 0.4) is 0 Å². The molecule has 0 aromatic heterocycles. The molecule has 17 heavy (non-hydrogen) atoms. The van der Waals surface area contributed by atoms with E-state index in [1.807, 2.05) is 26.0 Å². The van der Waals surface area contributed by atoms with E-state index in [1.165, 1.54) is 0 Å². The van der Waals surface area contributed by atoms with E-state index in [9.17, 15) is 9.00 Å². The quantitative estimate of drug-likeness (QED) is 0.925. The average molecular weight is 318 g/mol. The third-order valence-electron chi connectivity index (χ3n) is 2.28. The van der Waals surface area contributed by atoms with Crippen molar-refractivity contribution < 1.29 is 9.00 Å². The monoisotopic (exact) mass is 317 g/mol. The first-order valence-electron chi connectivity index (χ1n) is 5.27. The minimum atomic E-state index is -0.899. The number of rotatable bonds is 4. The number of aryl methyl sites for hydroxylation is 1. The Bertz CT molecular complexity index is 448. The molecule has 1 N–H and O–H groups in total. The van der Waals surface area contributed by atoms with Gasteiger partial charge in [0.25, 0.3) is 5.91 Å². The number of halogens is 1. The molecule has 0 aliphatic heterocycles. The Labute approximate surface area is 113 Å². The molecule has 1 amide bonds. The molecule has 0 fully saturated rings. The molecule has 2 unspecified atom stereocenters. The summed E-state index contributed by atoms with van der Waals surface area (Å²) >= 11 is 3.39. The fourth-order valence-electron chi connectivity index (χ4n) is 1.49. The molecule has 0 aliphatic rings. The Morgan fingerprint density at radius 3 is 2.71 bits per heavy atom. The van der Waals surface area contributed by atoms with Crippen molar-refractivity contribution in [2.24, 2.45) is 0 Å². The van der Waals surface area contributed by atoms with Crippen molar-refractivity contribution in [3.63, 3.8) is 0 Å². The number of nitrogens with one attached hydrogen (secondary N) is 1. The van der Waals surface area contributed by atoms with Crippen LogP contribution in [0.15, 0.2) is 22.7 Å². The summed E-state index contributed by atoms with van der Waals surface area (Å²) in [5.41, 5.74) is 1.64. The Morgan fingerprint density at radius 1 is 1.53 bits per heavy atom. The van der Waals surface area contributed by atoms with Crippen molar-refractivity contribution in [2.75, 3.05) is 12.0 Å². The molecular formula is C12H16BrNO2S. The van der Waals surface area contributed by atoms with Gasteiger partial charge in [-0.25, -0.2) is 0 Å². The molecular weight excluding hydrogens is 302 g/mol. The van der Waals surface area contributed by atoms with Gasteiger partial charge in [0.2, 0.25) is 0 Å². The summed E-state index contributed by atoms with van der Waals surface area (Å²) in [5, 5.41) is 2.83. The predicted molar refractivity (Wildman–Crippen MR) is 74.7 cm³/mol. The van der Waals surface area contributed by atoms with Crippen LogP contribution in [0, 0.1) is 6.92 Å². The molecule has 3 nitrogen and oxygen atoms in total. The fraction of sp³-hybridized carbons (Fsp3) is 0.417. The predicted octanol–water partition coefficient (Wildman–Crippen LogP) is 2.25. The van der Waals surface area contributed by atoms with E-state index in [0.717, 1.165) is 10.0 Å². The number of hydrogen-bond donors (Lipinski definition) is 1. The molecule has 0 saturated carbocycles. The Balaban J connectivity index is 2.70. The molecule has 5 heteroatoms. The van der Waals surface area contributed by atoms with Gasteiger partial charge in [0, 0.05) is 38.9 Å². The van der Waals surface area contributed by atoms with E-state index in [4.69, 9.17) is 0 Å². The highest BCUT2D eigenvalue weighted by Gasteiger charge is 2.11. The van der Waals surface area contributed by atoms with Gasteiger partial charge in [-0.3, -0.25) is 9.00 Å². The number of benzene rings is 1. The van der Waals surface area contributed by atoms with Crippen LogP contribution in [0.1, 0.15) is 22.8 Å². The molecule has 1 aromatic carbocycles. The summed E-state index contributed by atoms with van der Waals surface area (Å²) < 4.78 is 12.0. The second-order valence-corrected chi connectivity index (χ2v) is 6.41. The maximum atomic E-state index is 11.9. The van der Waals surface area contributed by atoms with E-state index < -0.39 is 10.8 Å². The van der Waals surface area contributed by atoms with Crippen LogP contribution in [0.4, 0.5) is 0 Å². The van der Waals surface area contributed by atoms with Gasteiger partial charge in [0.05, 0.1) is 0 Å². The summed E-state index contributed by atoms with van der Waals surface area (Å²) in [5.74, 6) is 0.347. The van der Waals surface area contributed by atoms with Crippen LogP contribution in [0.2, 0.25) is 0 Å². The lowest BCUT2D eigenvalue weighted by Gasteiger charge is -2.12. The second kappa shape index (κ2) is 6.31. The van der Waals surface area contributed by atoms with Crippen LogP contribution in [0.25, 0.3) is 0 Å². The van der Waals surface area contributed by atoms with Crippen molar-refractivity contribution in [1.29, 1.82) is 0 Å². The molecule has 0 spiro atoms. The van der Waals surface area contributed by atoms with E-state index >= 15 is 0 Å². The normalized spacial score (nSPS) is 14.1. The van der Waals surface area contributed by atoms with Crippen molar-refractivity contribution in [2.45, 2.75) is 19.9 Å². The Kier molecular flexibility index (Phi) is 5.33. The highest BCUT2D eigenvalue weighted by atomic mass is 79.9. The lowest BCUT2D eigenvalue weighted by atomic mass is 10.1. The van der Waals surface area contributed by atoms with E-state index in [0.29, 0.717) is 11.3 Å². The smallest absolute Gasteiger partial charge is 0.251 e. The minimum Gasteiger partial charge on any atom is -0.349 e. The summed E-state index contributed by atoms with van der Waals surface area (Å²) in [4.78, 5) is 11.9. The van der Waals surface area contributed by atoms with Gasteiger partial charge < -0.3 is 5.32 Å². The van der Waals surface area contributed by atoms with E-state index in [-0.39, 0.29) is 11.9 Å². The average Bonchev–Trinajstić information content (AvgIpc) is 2.20. The summed E-state index contributed by atoms with van der Waals surface area (Å²) in [7, 11) is -0.899. The SMILES string of the molecule is Cc1cc(C(=O)NC(C)CS(C)=O)ccc1Br. The molecule has 2 atom stereocenters. The van der Waals surface area contributed by atoms with Gasteiger partial charge in [-0.1, -0.05) is 15.9 Å². The molecule has 0 heterocycles. The van der Waals surface area contributed by atoms with E-state index in [2.05, 4.69) is 21.2 Å². The van der Waals surface area contributed by atoms with Crippen molar-refractivity contribution in [3.05, 3.63) is 33.8 Å². The molecule has 1 aromatic rings. The number of hydrogen-bond acceptors (Lipinski definition) is 2. The summed E-state index contributed by atoms with van der Waals surface area (Å²) in [6, 6.07) is 5.36. The summed E-state index contributed by atoms with van der Waals surface area (Å²) in [6.45, 7) is 3.79. The van der Waals surface area contributed by atoms with Crippen LogP contribution < -0.4 is 5.32 Å². The highest BCUT2D eigenvalue weighted by Crippen LogP contribution is 2.17. The molecule has 0 radical (unpaired) electrons. The molecule has 0 aliphatic carbocycles. The van der Waals surface area contributed by atoms with Crippen LogP contribution in [-0.2, 0) is 10.8 Å². The molecule has 1 rings (SSSR count). The van der Waals surface area contributed by atoms with Crippen LogP contribution >= 0.6 is 15.9 Å². The van der Waals surface area contributed by atoms with Gasteiger partial charge in [0.15, 0.2) is 0 Å². The standard InChI is InChI=1S/C12H16BrNO2S/c1-8-6-10(4-5-11(8)13)12(15)14-9(2)7-17(3)16/h4-6,9H,7H2,1-3H3,(H,14,15). The largest absolute Gasteiger partial charge is 0.349 e. The lowest BCUT2D eigenvalue weighted by molar-refractivity contribution is 0.0943. The van der Waals surface area contributed by atoms with Crippen LogP contribution in [-0.4, -0.2) is 28.2 Å². The summed E-state index contributed by atoms with van der Waals surface area (Å²) in [6.07, 6.45) is 1.63. The molecule has 94 valence electrons. The van der Waals surface area contributed by atoms with Crippen molar-refractivity contribution in [3.8, 4) is 0 Å². The lowest BCUT2D eigenvalue weighted by Crippen LogP contribution is -2.36. The Morgan fingerprint density at radius 2 is 2.18 bits per heavy atom. The molecule has 0 bridgehead atoms. The number of carbonyl (C=O) groups is 1. The first-order valence-corrected chi connectivity index (χ1v) is 7.79. The van der Waals surface area contributed by atoms with Gasteiger partial charge in [0.1, 0.15) is 0 Å². The maximum absolute atomic E-state index is 11.9.